The van der Waals surface area contributed by atoms with E-state index in [9.17, 15) is 0 Å². The van der Waals surface area contributed by atoms with Gasteiger partial charge in [-0.15, -0.1) is 0 Å². The highest BCUT2D eigenvalue weighted by Gasteiger charge is 2.32. The summed E-state index contributed by atoms with van der Waals surface area (Å²) in [7, 11) is 0. The summed E-state index contributed by atoms with van der Waals surface area (Å²) >= 11 is 0. The monoisotopic (exact) mass is 274 g/mol. The van der Waals surface area contributed by atoms with E-state index in [4.69, 9.17) is 5.26 Å². The van der Waals surface area contributed by atoms with Crippen LogP contribution in [0.4, 0.5) is 11.4 Å². The highest BCUT2D eigenvalue weighted by Crippen LogP contribution is 2.43. The summed E-state index contributed by atoms with van der Waals surface area (Å²) in [5, 5.41) is 9.15. The molecule has 1 aliphatic rings. The van der Waals surface area contributed by atoms with Gasteiger partial charge in [0.25, 0.3) is 0 Å². The molecule has 2 aromatic carbocycles. The van der Waals surface area contributed by atoms with Crippen LogP contribution in [-0.4, -0.2) is 5.54 Å². The minimum absolute atomic E-state index is 0.132. The van der Waals surface area contributed by atoms with Crippen molar-refractivity contribution in [1.29, 1.82) is 5.26 Å². The average Bonchev–Trinajstić information content (AvgIpc) is 2.46. The number of nitrogens with zero attached hydrogens (tertiary/aromatic N) is 2. The molecule has 1 heterocycles. The summed E-state index contributed by atoms with van der Waals surface area (Å²) in [6.45, 7) is 6.56. The number of benzene rings is 2. The van der Waals surface area contributed by atoms with E-state index in [0.29, 0.717) is 5.56 Å². The van der Waals surface area contributed by atoms with Gasteiger partial charge >= 0.3 is 0 Å². The number of hydrogen-bond donors (Lipinski definition) is 0. The normalized spacial score (nSPS) is 15.9. The van der Waals surface area contributed by atoms with E-state index in [1.54, 1.807) is 0 Å². The smallest absolute Gasteiger partial charge is 0.0992 e. The van der Waals surface area contributed by atoms with Crippen molar-refractivity contribution >= 4 is 16.9 Å². The SMILES string of the molecule is CC1=CC(C)(C)N(c2cccc(C#N)c2)c2ccccc21. The maximum atomic E-state index is 9.15. The van der Waals surface area contributed by atoms with Gasteiger partial charge in [-0.2, -0.15) is 5.26 Å². The Morgan fingerprint density at radius 1 is 1.05 bits per heavy atom. The lowest BCUT2D eigenvalue weighted by Gasteiger charge is -2.43. The Bertz CT molecular complexity index is 763. The second-order valence-electron chi connectivity index (χ2n) is 6.00. The van der Waals surface area contributed by atoms with Crippen molar-refractivity contribution in [1.82, 2.24) is 0 Å². The Morgan fingerprint density at radius 3 is 2.57 bits per heavy atom. The number of rotatable bonds is 1. The molecule has 0 aliphatic carbocycles. The molecule has 0 aromatic heterocycles. The van der Waals surface area contributed by atoms with Crippen molar-refractivity contribution in [3.63, 3.8) is 0 Å². The summed E-state index contributed by atoms with van der Waals surface area (Å²) in [4.78, 5) is 2.30. The lowest BCUT2D eigenvalue weighted by Crippen LogP contribution is -2.41. The van der Waals surface area contributed by atoms with Crippen molar-refractivity contribution in [2.45, 2.75) is 26.3 Å². The number of nitriles is 1. The lowest BCUT2D eigenvalue weighted by atomic mass is 9.88. The quantitative estimate of drug-likeness (QED) is 0.740. The van der Waals surface area contributed by atoms with Gasteiger partial charge in [-0.3, -0.25) is 0 Å². The minimum Gasteiger partial charge on any atom is -0.332 e. The van der Waals surface area contributed by atoms with Gasteiger partial charge in [0.2, 0.25) is 0 Å². The molecule has 0 radical (unpaired) electrons. The molecular weight excluding hydrogens is 256 g/mol. The molecule has 0 saturated heterocycles. The molecule has 0 unspecified atom stereocenters. The second kappa shape index (κ2) is 4.79. The van der Waals surface area contributed by atoms with Crippen molar-refractivity contribution in [2.24, 2.45) is 0 Å². The Hall–Kier alpha value is -2.53. The van der Waals surface area contributed by atoms with Gasteiger partial charge in [-0.25, -0.2) is 0 Å². The highest BCUT2D eigenvalue weighted by atomic mass is 15.2. The van der Waals surface area contributed by atoms with Crippen LogP contribution in [0.2, 0.25) is 0 Å². The summed E-state index contributed by atoms with van der Waals surface area (Å²) < 4.78 is 0. The van der Waals surface area contributed by atoms with Gasteiger partial charge in [0, 0.05) is 16.9 Å². The number of allylic oxidation sites excluding steroid dienone is 1. The Morgan fingerprint density at radius 2 is 1.81 bits per heavy atom. The van der Waals surface area contributed by atoms with Crippen LogP contribution in [0.3, 0.4) is 0 Å². The summed E-state index contributed by atoms with van der Waals surface area (Å²) in [5.74, 6) is 0. The second-order valence-corrected chi connectivity index (χ2v) is 6.00. The van der Waals surface area contributed by atoms with Gasteiger partial charge in [0.15, 0.2) is 0 Å². The Labute approximate surface area is 126 Å². The van der Waals surface area contributed by atoms with Gasteiger partial charge < -0.3 is 4.90 Å². The molecule has 104 valence electrons. The molecule has 2 aromatic rings. The maximum absolute atomic E-state index is 9.15. The van der Waals surface area contributed by atoms with Crippen molar-refractivity contribution in [3.05, 3.63) is 65.7 Å². The summed E-state index contributed by atoms with van der Waals surface area (Å²) in [6.07, 6.45) is 2.29. The average molecular weight is 274 g/mol. The fraction of sp³-hybridized carbons (Fsp3) is 0.211. The van der Waals surface area contributed by atoms with Gasteiger partial charge in [-0.05, 0) is 50.6 Å². The standard InChI is InChI=1S/C19H18N2/c1-14-12-19(2,3)21(18-10-5-4-9-17(14)18)16-8-6-7-15(11-16)13-20/h4-12H,1-3H3. The van der Waals surface area contributed by atoms with Crippen LogP contribution in [0.5, 0.6) is 0 Å². The number of para-hydroxylation sites is 1. The topological polar surface area (TPSA) is 27.0 Å². The number of fused-ring (bicyclic) bond motifs is 1. The molecule has 0 bridgehead atoms. The van der Waals surface area contributed by atoms with Crippen LogP contribution in [-0.2, 0) is 0 Å². The van der Waals surface area contributed by atoms with E-state index in [-0.39, 0.29) is 5.54 Å². The minimum atomic E-state index is -0.132. The van der Waals surface area contributed by atoms with Gasteiger partial charge in [0.05, 0.1) is 17.2 Å². The fourth-order valence-electron chi connectivity index (χ4n) is 3.17. The highest BCUT2D eigenvalue weighted by molar-refractivity contribution is 5.85. The van der Waals surface area contributed by atoms with Crippen LogP contribution >= 0.6 is 0 Å². The van der Waals surface area contributed by atoms with Crippen molar-refractivity contribution in [2.75, 3.05) is 4.90 Å². The third-order valence-electron chi connectivity index (χ3n) is 3.95. The zero-order valence-corrected chi connectivity index (χ0v) is 12.6. The van der Waals surface area contributed by atoms with Crippen molar-refractivity contribution in [3.8, 4) is 6.07 Å². The predicted octanol–water partition coefficient (Wildman–Crippen LogP) is 4.89. The Kier molecular flexibility index (Phi) is 3.07. The predicted molar refractivity (Wildman–Crippen MR) is 87.5 cm³/mol. The molecule has 0 spiro atoms. The van der Waals surface area contributed by atoms with E-state index in [2.05, 4.69) is 68.1 Å². The van der Waals surface area contributed by atoms with Gasteiger partial charge in [0.1, 0.15) is 0 Å². The molecule has 0 atom stereocenters. The van der Waals surface area contributed by atoms with Crippen LogP contribution < -0.4 is 4.90 Å². The van der Waals surface area contributed by atoms with Crippen molar-refractivity contribution < 1.29 is 0 Å². The fourth-order valence-corrected chi connectivity index (χ4v) is 3.17. The van der Waals surface area contributed by atoms with Crippen LogP contribution in [0.25, 0.3) is 5.57 Å². The molecule has 2 nitrogen and oxygen atoms in total. The third-order valence-corrected chi connectivity index (χ3v) is 3.95. The van der Waals surface area contributed by atoms with Crippen LogP contribution in [0.15, 0.2) is 54.6 Å². The lowest BCUT2D eigenvalue weighted by molar-refractivity contribution is 0.622. The van der Waals surface area contributed by atoms with E-state index >= 15 is 0 Å². The molecule has 0 fully saturated rings. The first-order chi connectivity index (χ1) is 10.0. The molecule has 1 aliphatic heterocycles. The molecule has 0 N–H and O–H groups in total. The van der Waals surface area contributed by atoms with Crippen LogP contribution in [0.1, 0.15) is 31.9 Å². The zero-order chi connectivity index (χ0) is 15.0. The van der Waals surface area contributed by atoms with Gasteiger partial charge in [-0.1, -0.05) is 30.3 Å². The first kappa shape index (κ1) is 13.5. The molecule has 0 amide bonds. The largest absolute Gasteiger partial charge is 0.332 e. The van der Waals surface area contributed by atoms with E-state index < -0.39 is 0 Å². The zero-order valence-electron chi connectivity index (χ0n) is 12.6. The number of anilines is 2. The third kappa shape index (κ3) is 2.21. The maximum Gasteiger partial charge on any atom is 0.0992 e. The Balaban J connectivity index is 2.23. The summed E-state index contributed by atoms with van der Waals surface area (Å²) in [5.41, 5.74) is 5.34. The van der Waals surface area contributed by atoms with E-state index in [0.717, 1.165) is 5.69 Å². The van der Waals surface area contributed by atoms with E-state index in [1.807, 2.05) is 18.2 Å². The molecule has 2 heteroatoms. The molecule has 21 heavy (non-hydrogen) atoms. The molecule has 3 rings (SSSR count). The summed E-state index contributed by atoms with van der Waals surface area (Å²) in [6, 6.07) is 18.4. The van der Waals surface area contributed by atoms with Crippen LogP contribution in [0, 0.1) is 11.3 Å². The number of hydrogen-bond acceptors (Lipinski definition) is 2. The van der Waals surface area contributed by atoms with E-state index in [1.165, 1.54) is 16.8 Å². The molecule has 0 saturated carbocycles. The first-order valence-electron chi connectivity index (χ1n) is 7.12. The first-order valence-corrected chi connectivity index (χ1v) is 7.12. The molecular formula is C19H18N2.